The first-order valence-electron chi connectivity index (χ1n) is 5.54. The quantitative estimate of drug-likeness (QED) is 0.837. The Morgan fingerprint density at radius 3 is 2.43 bits per heavy atom. The number of fused-ring (bicyclic) bond motifs is 1. The Kier molecular flexibility index (Phi) is 3.12. The second-order valence-corrected chi connectivity index (χ2v) is 6.84. The van der Waals surface area contributed by atoms with E-state index in [4.69, 9.17) is 27.6 Å². The highest BCUT2D eigenvalue weighted by atomic mass is 35.5. The second-order valence-electron chi connectivity index (χ2n) is 4.23. The number of nitrogens with one attached hydrogen (secondary N) is 1. The minimum absolute atomic E-state index is 0.203. The number of hydrogen-bond acceptors (Lipinski definition) is 5. The fourth-order valence-corrected chi connectivity index (χ4v) is 3.43. The van der Waals surface area contributed by atoms with Crippen LogP contribution in [-0.4, -0.2) is 31.2 Å². The molecule has 110 valence electrons. The van der Waals surface area contributed by atoms with Crippen LogP contribution in [0.4, 0.5) is 4.79 Å². The molecule has 7 nitrogen and oxygen atoms in total. The van der Waals surface area contributed by atoms with Gasteiger partial charge in [-0.25, -0.2) is 9.10 Å². The van der Waals surface area contributed by atoms with Gasteiger partial charge in [0.25, 0.3) is 0 Å². The van der Waals surface area contributed by atoms with Gasteiger partial charge >= 0.3 is 16.1 Å². The lowest BCUT2D eigenvalue weighted by Gasteiger charge is -2.10. The number of benzene rings is 1. The molecule has 1 aliphatic rings. The first kappa shape index (κ1) is 14.2. The smallest absolute Gasteiger partial charge is 0.338 e. The van der Waals surface area contributed by atoms with Crippen molar-refractivity contribution in [2.45, 2.75) is 5.09 Å². The Hall–Kier alpha value is -1.77. The molecule has 1 fully saturated rings. The third-order valence-electron chi connectivity index (χ3n) is 2.84. The van der Waals surface area contributed by atoms with E-state index in [1.54, 1.807) is 0 Å². The van der Waals surface area contributed by atoms with E-state index in [9.17, 15) is 18.0 Å². The molecule has 2 heterocycles. The van der Waals surface area contributed by atoms with E-state index in [1.807, 2.05) is 5.32 Å². The third-order valence-corrected chi connectivity index (χ3v) is 5.15. The normalized spacial score (nSPS) is 15.8. The van der Waals surface area contributed by atoms with E-state index in [0.29, 0.717) is 9.69 Å². The summed E-state index contributed by atoms with van der Waals surface area (Å²) < 4.78 is 30.2. The molecule has 2 aromatic rings. The molecule has 3 rings (SSSR count). The molecule has 0 atom stereocenters. The minimum Gasteiger partial charge on any atom is -0.443 e. The standard InChI is InChI=1S/C11H6Cl2N2O5S/c12-6-1-5-2-10(20-8(5)3-7(6)13)21(18,19)15-4-9(16)14-11(15)17/h1-3H,4H2,(H,14,16,17). The van der Waals surface area contributed by atoms with Crippen LogP contribution in [0.5, 0.6) is 0 Å². The van der Waals surface area contributed by atoms with Gasteiger partial charge in [0.1, 0.15) is 12.1 Å². The summed E-state index contributed by atoms with van der Waals surface area (Å²) in [5.74, 6) is -0.703. The predicted molar refractivity (Wildman–Crippen MR) is 73.7 cm³/mol. The second kappa shape index (κ2) is 4.62. The third kappa shape index (κ3) is 2.25. The molecule has 1 saturated heterocycles. The SMILES string of the molecule is O=C1CN(S(=O)(=O)c2cc3cc(Cl)c(Cl)cc3o2)C(=O)N1. The number of nitrogens with zero attached hydrogens (tertiary/aromatic N) is 1. The lowest BCUT2D eigenvalue weighted by Crippen LogP contribution is -2.33. The van der Waals surface area contributed by atoms with Crippen LogP contribution in [0.3, 0.4) is 0 Å². The number of hydrogen-bond donors (Lipinski definition) is 1. The summed E-state index contributed by atoms with van der Waals surface area (Å²) in [6, 6.07) is 3.00. The molecule has 0 aliphatic carbocycles. The van der Waals surface area contributed by atoms with Crippen LogP contribution in [0.1, 0.15) is 0 Å². The Bertz CT molecular complexity index is 850. The average molecular weight is 349 g/mol. The maximum atomic E-state index is 12.3. The molecule has 1 aromatic carbocycles. The topological polar surface area (TPSA) is 96.7 Å². The highest BCUT2D eigenvalue weighted by Crippen LogP contribution is 2.32. The van der Waals surface area contributed by atoms with Gasteiger partial charge in [-0.1, -0.05) is 23.2 Å². The van der Waals surface area contributed by atoms with Gasteiger partial charge < -0.3 is 4.42 Å². The van der Waals surface area contributed by atoms with Crippen molar-refractivity contribution in [3.8, 4) is 0 Å². The molecular weight excluding hydrogens is 343 g/mol. The van der Waals surface area contributed by atoms with E-state index >= 15 is 0 Å². The van der Waals surface area contributed by atoms with Gasteiger partial charge in [-0.15, -0.1) is 0 Å². The van der Waals surface area contributed by atoms with Crippen molar-refractivity contribution in [2.24, 2.45) is 0 Å². The number of rotatable bonds is 2. The zero-order valence-electron chi connectivity index (χ0n) is 10.1. The summed E-state index contributed by atoms with van der Waals surface area (Å²) in [5.41, 5.74) is 0.203. The van der Waals surface area contributed by atoms with Crippen LogP contribution >= 0.6 is 23.2 Å². The highest BCUT2D eigenvalue weighted by Gasteiger charge is 2.39. The lowest BCUT2D eigenvalue weighted by atomic mass is 10.3. The van der Waals surface area contributed by atoms with Crippen molar-refractivity contribution in [2.75, 3.05) is 6.54 Å². The summed E-state index contributed by atoms with van der Waals surface area (Å²) in [7, 11) is -4.26. The maximum absolute atomic E-state index is 12.3. The van der Waals surface area contributed by atoms with Gasteiger partial charge in [0.15, 0.2) is 0 Å². The molecule has 1 aromatic heterocycles. The van der Waals surface area contributed by atoms with Gasteiger partial charge in [0.05, 0.1) is 10.0 Å². The Morgan fingerprint density at radius 1 is 1.14 bits per heavy atom. The summed E-state index contributed by atoms with van der Waals surface area (Å²) >= 11 is 11.7. The van der Waals surface area contributed by atoms with Crippen molar-refractivity contribution in [1.82, 2.24) is 9.62 Å². The van der Waals surface area contributed by atoms with Crippen molar-refractivity contribution in [1.29, 1.82) is 0 Å². The van der Waals surface area contributed by atoms with Gasteiger partial charge in [0.2, 0.25) is 11.0 Å². The van der Waals surface area contributed by atoms with Crippen molar-refractivity contribution in [3.05, 3.63) is 28.2 Å². The number of carbonyl (C=O) groups is 2. The van der Waals surface area contributed by atoms with E-state index in [2.05, 4.69) is 0 Å². The fourth-order valence-electron chi connectivity index (χ4n) is 1.86. The number of carbonyl (C=O) groups excluding carboxylic acids is 2. The molecule has 0 bridgehead atoms. The van der Waals surface area contributed by atoms with Crippen LogP contribution in [0.2, 0.25) is 10.0 Å². The van der Waals surface area contributed by atoms with Gasteiger partial charge in [-0.2, -0.15) is 8.42 Å². The number of imide groups is 1. The molecule has 1 aliphatic heterocycles. The van der Waals surface area contributed by atoms with Crippen LogP contribution in [-0.2, 0) is 14.8 Å². The zero-order valence-corrected chi connectivity index (χ0v) is 12.4. The number of sulfonamides is 1. The predicted octanol–water partition coefficient (Wildman–Crippen LogP) is 1.98. The van der Waals surface area contributed by atoms with Crippen molar-refractivity contribution >= 4 is 56.1 Å². The summed E-state index contributed by atoms with van der Waals surface area (Å²) in [6.45, 7) is -0.584. The average Bonchev–Trinajstić information content (AvgIpc) is 2.94. The summed E-state index contributed by atoms with van der Waals surface area (Å²) in [5, 5.41) is 2.26. The first-order chi connectivity index (χ1) is 9.79. The number of urea groups is 1. The zero-order chi connectivity index (χ0) is 15.4. The Labute approximate surface area is 128 Å². The lowest BCUT2D eigenvalue weighted by molar-refractivity contribution is -0.118. The Morgan fingerprint density at radius 2 is 1.81 bits per heavy atom. The molecule has 0 radical (unpaired) electrons. The molecular formula is C11H6Cl2N2O5S. The van der Waals surface area contributed by atoms with E-state index < -0.39 is 33.6 Å². The molecule has 0 spiro atoms. The highest BCUT2D eigenvalue weighted by molar-refractivity contribution is 7.89. The van der Waals surface area contributed by atoms with E-state index in [1.165, 1.54) is 18.2 Å². The first-order valence-corrected chi connectivity index (χ1v) is 7.74. The molecule has 0 saturated carbocycles. The molecule has 3 amide bonds. The van der Waals surface area contributed by atoms with Crippen LogP contribution in [0.25, 0.3) is 11.0 Å². The Balaban J connectivity index is 2.11. The maximum Gasteiger partial charge on any atom is 0.338 e. The van der Waals surface area contributed by atoms with Gasteiger partial charge in [0, 0.05) is 17.5 Å². The van der Waals surface area contributed by atoms with Gasteiger partial charge in [-0.3, -0.25) is 10.1 Å². The fraction of sp³-hybridized carbons (Fsp3) is 0.0909. The van der Waals surface area contributed by atoms with Gasteiger partial charge in [-0.05, 0) is 6.07 Å². The van der Waals surface area contributed by atoms with E-state index in [-0.39, 0.29) is 15.6 Å². The number of halogens is 2. The number of amides is 3. The minimum atomic E-state index is -4.26. The van der Waals surface area contributed by atoms with Crippen LogP contribution < -0.4 is 5.32 Å². The number of furan rings is 1. The molecule has 10 heteroatoms. The summed E-state index contributed by atoms with van der Waals surface area (Å²) in [4.78, 5) is 22.6. The van der Waals surface area contributed by atoms with Crippen molar-refractivity contribution in [3.63, 3.8) is 0 Å². The van der Waals surface area contributed by atoms with Crippen LogP contribution in [0.15, 0.2) is 27.7 Å². The molecule has 1 N–H and O–H groups in total. The molecule has 21 heavy (non-hydrogen) atoms. The molecule has 0 unspecified atom stereocenters. The van der Waals surface area contributed by atoms with Crippen LogP contribution in [0, 0.1) is 0 Å². The summed E-state index contributed by atoms with van der Waals surface area (Å²) in [6.07, 6.45) is 0. The largest absolute Gasteiger partial charge is 0.443 e. The van der Waals surface area contributed by atoms with Crippen molar-refractivity contribution < 1.29 is 22.4 Å². The monoisotopic (exact) mass is 348 g/mol. The van der Waals surface area contributed by atoms with E-state index in [0.717, 1.165) is 0 Å².